The van der Waals surface area contributed by atoms with Crippen LogP contribution >= 0.6 is 0 Å². The van der Waals surface area contributed by atoms with E-state index in [-0.39, 0.29) is 0 Å². The first-order chi connectivity index (χ1) is 5.07. The van der Waals surface area contributed by atoms with E-state index in [9.17, 15) is 13.2 Å². The maximum atomic E-state index is 10.7. The predicted octanol–water partition coefficient (Wildman–Crippen LogP) is 0.412. The van der Waals surface area contributed by atoms with E-state index in [1.807, 2.05) is 6.92 Å². The van der Waals surface area contributed by atoms with E-state index >= 15 is 0 Å². The van der Waals surface area contributed by atoms with Crippen molar-refractivity contribution in [3.63, 3.8) is 0 Å². The van der Waals surface area contributed by atoms with Crippen molar-refractivity contribution in [3.8, 4) is 0 Å². The largest absolute Gasteiger partial charge is 0.348 e. The molecule has 0 aliphatic rings. The second-order valence-electron chi connectivity index (χ2n) is 1.90. The van der Waals surface area contributed by atoms with Gasteiger partial charge in [-0.3, -0.25) is 0 Å². The quantitative estimate of drug-likeness (QED) is 0.502. The van der Waals surface area contributed by atoms with Crippen LogP contribution in [-0.2, 0) is 20.0 Å². The van der Waals surface area contributed by atoms with Crippen LogP contribution in [0.1, 0.15) is 20.3 Å². The summed E-state index contributed by atoms with van der Waals surface area (Å²) in [4.78, 5) is 10.7. The zero-order valence-electron chi connectivity index (χ0n) is 6.36. The minimum Gasteiger partial charge on any atom is -0.343 e. The first-order valence-electron chi connectivity index (χ1n) is 3.11. The van der Waals surface area contributed by atoms with Crippen LogP contribution in [0.2, 0.25) is 0 Å². The van der Waals surface area contributed by atoms with Crippen molar-refractivity contribution >= 4 is 17.0 Å². The van der Waals surface area contributed by atoms with Crippen LogP contribution in [0.15, 0.2) is 11.6 Å². The van der Waals surface area contributed by atoms with Gasteiger partial charge in [-0.05, 0) is 13.3 Å². The first-order valence-corrected chi connectivity index (χ1v) is 4.21. The van der Waals surface area contributed by atoms with Crippen molar-refractivity contribution in [1.82, 2.24) is 0 Å². The molecule has 0 aromatic rings. The first kappa shape index (κ1) is 10.2. The van der Waals surface area contributed by atoms with Gasteiger partial charge in [0.2, 0.25) is 0 Å². The molecule has 0 heterocycles. The Hall–Kier alpha value is -0.840. The van der Waals surface area contributed by atoms with E-state index in [1.165, 1.54) is 6.92 Å². The molecule has 0 N–H and O–H groups in total. The van der Waals surface area contributed by atoms with Crippen LogP contribution in [0.25, 0.3) is 0 Å². The molecule has 0 rings (SSSR count). The second-order valence-corrected chi connectivity index (χ2v) is 2.53. The number of rotatable bonds is 3. The van der Waals surface area contributed by atoms with Gasteiger partial charge in [0.1, 0.15) is 0 Å². The van der Waals surface area contributed by atoms with E-state index in [4.69, 9.17) is 0 Å². The summed E-state index contributed by atoms with van der Waals surface area (Å²) >= 11 is 0. The highest BCUT2D eigenvalue weighted by Crippen LogP contribution is 1.97. The third kappa shape index (κ3) is 4.55. The lowest BCUT2D eigenvalue weighted by Gasteiger charge is -1.94. The molecule has 0 radical (unpaired) electrons. The number of hydrogen-bond acceptors (Lipinski definition) is 4. The summed E-state index contributed by atoms with van der Waals surface area (Å²) in [5.74, 6) is -0.803. The average molecular weight is 178 g/mol. The summed E-state index contributed by atoms with van der Waals surface area (Å²) in [7, 11) is -3.07. The summed E-state index contributed by atoms with van der Waals surface area (Å²) in [6, 6.07) is 0. The molecule has 0 saturated carbocycles. The molecule has 0 aliphatic carbocycles. The third-order valence-electron chi connectivity index (χ3n) is 0.990. The van der Waals surface area contributed by atoms with Gasteiger partial charge in [0.05, 0.1) is 0 Å². The minimum atomic E-state index is -3.07. The Kier molecular flexibility index (Phi) is 4.52. The molecule has 0 spiro atoms. The molecule has 64 valence electrons. The Morgan fingerprint density at radius 2 is 2.09 bits per heavy atom. The summed E-state index contributed by atoms with van der Waals surface area (Å²) in [5, 5.41) is 0. The second kappa shape index (κ2) is 4.90. The molecule has 0 atom stereocenters. The Bertz CT molecular complexity index is 231. The zero-order chi connectivity index (χ0) is 8.85. The van der Waals surface area contributed by atoms with Crippen LogP contribution in [0.3, 0.4) is 0 Å². The molecular formula is C6H10O4S. The van der Waals surface area contributed by atoms with Crippen molar-refractivity contribution in [2.24, 2.45) is 0 Å². The van der Waals surface area contributed by atoms with Gasteiger partial charge >= 0.3 is 17.0 Å². The lowest BCUT2D eigenvalue weighted by atomic mass is 10.2. The SMILES string of the molecule is CCC=C(C)C(=O)O[SH](=O)=O. The van der Waals surface area contributed by atoms with Crippen molar-refractivity contribution in [2.45, 2.75) is 20.3 Å². The van der Waals surface area contributed by atoms with Crippen LogP contribution < -0.4 is 0 Å². The van der Waals surface area contributed by atoms with Gasteiger partial charge in [0, 0.05) is 5.57 Å². The fraction of sp³-hybridized carbons (Fsp3) is 0.500. The van der Waals surface area contributed by atoms with Crippen LogP contribution in [0.5, 0.6) is 0 Å². The molecule has 0 aromatic carbocycles. The molecule has 0 saturated heterocycles. The van der Waals surface area contributed by atoms with Crippen molar-refractivity contribution < 1.29 is 17.4 Å². The maximum Gasteiger partial charge on any atom is 0.348 e. The van der Waals surface area contributed by atoms with E-state index in [2.05, 4.69) is 4.18 Å². The van der Waals surface area contributed by atoms with Crippen LogP contribution in [0, 0.1) is 0 Å². The van der Waals surface area contributed by atoms with E-state index in [1.54, 1.807) is 6.08 Å². The number of allylic oxidation sites excluding steroid dienone is 1. The monoisotopic (exact) mass is 178 g/mol. The molecule has 0 bridgehead atoms. The third-order valence-corrected chi connectivity index (χ3v) is 1.30. The predicted molar refractivity (Wildman–Crippen MR) is 40.5 cm³/mol. The fourth-order valence-electron chi connectivity index (χ4n) is 0.529. The Balaban J connectivity index is 4.14. The number of carbonyl (C=O) groups excluding carboxylic acids is 1. The summed E-state index contributed by atoms with van der Waals surface area (Å²) in [6.07, 6.45) is 2.28. The topological polar surface area (TPSA) is 60.4 Å². The fourth-order valence-corrected chi connectivity index (χ4v) is 0.809. The molecular weight excluding hydrogens is 168 g/mol. The van der Waals surface area contributed by atoms with Crippen molar-refractivity contribution in [2.75, 3.05) is 0 Å². The van der Waals surface area contributed by atoms with Crippen LogP contribution in [-0.4, -0.2) is 14.4 Å². The molecule has 4 nitrogen and oxygen atoms in total. The van der Waals surface area contributed by atoms with Gasteiger partial charge in [-0.15, -0.1) is 0 Å². The van der Waals surface area contributed by atoms with Gasteiger partial charge in [0.25, 0.3) is 0 Å². The van der Waals surface area contributed by atoms with Crippen molar-refractivity contribution in [1.29, 1.82) is 0 Å². The smallest absolute Gasteiger partial charge is 0.343 e. The van der Waals surface area contributed by atoms with E-state index in [0.29, 0.717) is 12.0 Å². The summed E-state index contributed by atoms with van der Waals surface area (Å²) in [5.41, 5.74) is 0.312. The molecule has 5 heteroatoms. The number of carbonyl (C=O) groups is 1. The van der Waals surface area contributed by atoms with Gasteiger partial charge in [-0.25, -0.2) is 4.79 Å². The Morgan fingerprint density at radius 3 is 2.45 bits per heavy atom. The standard InChI is InChI=1S/C6H10O4S/c1-3-4-5(2)6(7)10-11(8)9/h4,11H,3H2,1-2H3. The highest BCUT2D eigenvalue weighted by molar-refractivity contribution is 7.67. The normalized spacial score (nSPS) is 11.7. The van der Waals surface area contributed by atoms with Crippen molar-refractivity contribution in [3.05, 3.63) is 11.6 Å². The summed E-state index contributed by atoms with van der Waals surface area (Å²) < 4.78 is 23.7. The van der Waals surface area contributed by atoms with Crippen LogP contribution in [0.4, 0.5) is 0 Å². The van der Waals surface area contributed by atoms with Gasteiger partial charge < -0.3 is 4.18 Å². The molecule has 0 aromatic heterocycles. The molecule has 0 amide bonds. The zero-order valence-corrected chi connectivity index (χ0v) is 7.26. The Labute approximate surface area is 67.0 Å². The molecule has 0 fully saturated rings. The lowest BCUT2D eigenvalue weighted by molar-refractivity contribution is -0.129. The van der Waals surface area contributed by atoms with E-state index in [0.717, 1.165) is 0 Å². The molecule has 0 unspecified atom stereocenters. The van der Waals surface area contributed by atoms with E-state index < -0.39 is 17.0 Å². The van der Waals surface area contributed by atoms with Gasteiger partial charge in [-0.2, -0.15) is 8.42 Å². The number of hydrogen-bond donors (Lipinski definition) is 1. The maximum absolute atomic E-state index is 10.7. The van der Waals surface area contributed by atoms with Gasteiger partial charge in [0.15, 0.2) is 0 Å². The lowest BCUT2D eigenvalue weighted by Crippen LogP contribution is -2.03. The number of thiol groups is 1. The minimum absolute atomic E-state index is 0.312. The van der Waals surface area contributed by atoms with Gasteiger partial charge in [-0.1, -0.05) is 13.0 Å². The highest BCUT2D eigenvalue weighted by atomic mass is 32.2. The molecule has 0 aliphatic heterocycles. The average Bonchev–Trinajstić information content (AvgIpc) is 1.86. The summed E-state index contributed by atoms with van der Waals surface area (Å²) in [6.45, 7) is 3.35. The highest BCUT2D eigenvalue weighted by Gasteiger charge is 2.04. The Morgan fingerprint density at radius 1 is 1.55 bits per heavy atom. The molecule has 11 heavy (non-hydrogen) atoms.